The predicted molar refractivity (Wildman–Crippen MR) is 95.7 cm³/mol. The van der Waals surface area contributed by atoms with Gasteiger partial charge in [-0.2, -0.15) is 0 Å². The minimum Gasteiger partial charge on any atom is -0.314 e. The zero-order chi connectivity index (χ0) is 12.4. The molecule has 20 heavy (non-hydrogen) atoms. The van der Waals surface area contributed by atoms with Gasteiger partial charge in [0.05, 0.1) is 0 Å². The summed E-state index contributed by atoms with van der Waals surface area (Å²) in [7, 11) is 0. The van der Waals surface area contributed by atoms with Gasteiger partial charge in [-0.25, -0.2) is 0 Å². The summed E-state index contributed by atoms with van der Waals surface area (Å²) in [6, 6.07) is 3.02. The molecule has 2 fully saturated rings. The molecule has 116 valence electrons. The maximum Gasteiger partial charge on any atom is 0.0471 e. The summed E-state index contributed by atoms with van der Waals surface area (Å²) in [6.07, 6.45) is 5.70. The van der Waals surface area contributed by atoms with E-state index in [1.165, 1.54) is 43.2 Å². The van der Waals surface area contributed by atoms with Crippen LogP contribution in [0.5, 0.6) is 0 Å². The molecular weight excluding hydrogens is 379 g/mol. The summed E-state index contributed by atoms with van der Waals surface area (Å²) >= 11 is 5.54. The zero-order valence-corrected chi connectivity index (χ0v) is 15.6. The Balaban J connectivity index is 0.000001000. The first-order valence-electron chi connectivity index (χ1n) is 7.03. The number of halogens is 3. The van der Waals surface area contributed by atoms with E-state index in [9.17, 15) is 0 Å². The Bertz CT molecular complexity index is 390. The standard InChI is InChI=1S/C14H21BrN2S.2ClH/c15-12-9-13(18-10-12)14(11-3-1-2-4-11)17-7-5-16-6-8-17;;/h9-11,14,16H,1-8H2;2*1H/t14-;;/m1../s1. The lowest BCUT2D eigenvalue weighted by Gasteiger charge is -2.37. The molecule has 1 aromatic rings. The van der Waals surface area contributed by atoms with Crippen LogP contribution in [0.1, 0.15) is 36.6 Å². The molecule has 3 rings (SSSR count). The lowest BCUT2D eigenvalue weighted by atomic mass is 9.94. The summed E-state index contributed by atoms with van der Waals surface area (Å²) in [5.41, 5.74) is 0. The minimum atomic E-state index is 0. The van der Waals surface area contributed by atoms with E-state index in [0.29, 0.717) is 6.04 Å². The smallest absolute Gasteiger partial charge is 0.0471 e. The van der Waals surface area contributed by atoms with Crippen molar-refractivity contribution in [1.29, 1.82) is 0 Å². The first kappa shape index (κ1) is 18.7. The lowest BCUT2D eigenvalue weighted by Crippen LogP contribution is -2.46. The van der Waals surface area contributed by atoms with Crippen molar-refractivity contribution in [2.75, 3.05) is 26.2 Å². The highest BCUT2D eigenvalue weighted by atomic mass is 79.9. The monoisotopic (exact) mass is 400 g/mol. The van der Waals surface area contributed by atoms with Crippen LogP contribution in [-0.4, -0.2) is 31.1 Å². The number of thiophene rings is 1. The van der Waals surface area contributed by atoms with Crippen LogP contribution in [0.25, 0.3) is 0 Å². The highest BCUT2D eigenvalue weighted by Gasteiger charge is 2.32. The first-order chi connectivity index (χ1) is 8.84. The molecule has 1 aliphatic heterocycles. The molecule has 0 amide bonds. The van der Waals surface area contributed by atoms with Crippen molar-refractivity contribution in [1.82, 2.24) is 10.2 Å². The Hall–Kier alpha value is 0.680. The zero-order valence-electron chi connectivity index (χ0n) is 11.5. The molecule has 1 N–H and O–H groups in total. The summed E-state index contributed by atoms with van der Waals surface area (Å²) < 4.78 is 1.25. The average molecular weight is 402 g/mol. The first-order valence-corrected chi connectivity index (χ1v) is 8.70. The molecule has 0 unspecified atom stereocenters. The summed E-state index contributed by atoms with van der Waals surface area (Å²) in [6.45, 7) is 4.71. The van der Waals surface area contributed by atoms with Crippen molar-refractivity contribution < 1.29 is 0 Å². The Labute approximate surface area is 146 Å². The Kier molecular flexibility index (Phi) is 8.39. The molecule has 0 bridgehead atoms. The van der Waals surface area contributed by atoms with E-state index in [2.05, 4.69) is 37.6 Å². The van der Waals surface area contributed by atoms with Crippen LogP contribution in [0.15, 0.2) is 15.9 Å². The molecule has 1 saturated carbocycles. The maximum atomic E-state index is 3.61. The Morgan fingerprint density at radius 2 is 1.85 bits per heavy atom. The van der Waals surface area contributed by atoms with Crippen LogP contribution in [0.4, 0.5) is 0 Å². The van der Waals surface area contributed by atoms with Crippen molar-refractivity contribution in [2.24, 2.45) is 5.92 Å². The SMILES string of the molecule is Brc1csc([C@@H](C2CCCC2)N2CCNCC2)c1.Cl.Cl. The van der Waals surface area contributed by atoms with Gasteiger partial charge in [-0.3, -0.25) is 4.90 Å². The van der Waals surface area contributed by atoms with Gasteiger partial charge in [-0.05, 0) is 40.8 Å². The topological polar surface area (TPSA) is 15.3 Å². The number of piperazine rings is 1. The van der Waals surface area contributed by atoms with Gasteiger partial charge in [0.15, 0.2) is 0 Å². The largest absolute Gasteiger partial charge is 0.314 e. The fourth-order valence-corrected chi connectivity index (χ4v) is 5.10. The highest BCUT2D eigenvalue weighted by Crippen LogP contribution is 2.42. The lowest BCUT2D eigenvalue weighted by molar-refractivity contribution is 0.128. The normalized spacial score (nSPS) is 22.1. The average Bonchev–Trinajstić information content (AvgIpc) is 3.04. The van der Waals surface area contributed by atoms with Crippen LogP contribution in [0, 0.1) is 5.92 Å². The van der Waals surface area contributed by atoms with Crippen LogP contribution < -0.4 is 5.32 Å². The van der Waals surface area contributed by atoms with E-state index in [1.807, 2.05) is 11.3 Å². The van der Waals surface area contributed by atoms with Crippen molar-refractivity contribution in [2.45, 2.75) is 31.7 Å². The summed E-state index contributed by atoms with van der Waals surface area (Å²) in [5.74, 6) is 0.883. The fourth-order valence-electron chi connectivity index (χ4n) is 3.43. The molecule has 1 saturated heterocycles. The van der Waals surface area contributed by atoms with Gasteiger partial charge in [-0.15, -0.1) is 36.2 Å². The van der Waals surface area contributed by atoms with Crippen LogP contribution in [0.3, 0.4) is 0 Å². The summed E-state index contributed by atoms with van der Waals surface area (Å²) in [5, 5.41) is 5.70. The second kappa shape index (κ2) is 8.96. The molecule has 0 radical (unpaired) electrons. The van der Waals surface area contributed by atoms with Crippen LogP contribution in [-0.2, 0) is 0 Å². The molecule has 0 spiro atoms. The molecular formula is C14H23BrCl2N2S. The van der Waals surface area contributed by atoms with E-state index in [0.717, 1.165) is 19.0 Å². The Morgan fingerprint density at radius 3 is 2.40 bits per heavy atom. The molecule has 2 aliphatic rings. The van der Waals surface area contributed by atoms with Crippen molar-refractivity contribution in [3.63, 3.8) is 0 Å². The second-order valence-electron chi connectivity index (χ2n) is 5.44. The number of nitrogens with zero attached hydrogens (tertiary/aromatic N) is 1. The van der Waals surface area contributed by atoms with Gasteiger partial charge in [0.2, 0.25) is 0 Å². The van der Waals surface area contributed by atoms with Gasteiger partial charge in [0, 0.05) is 47.0 Å². The minimum absolute atomic E-state index is 0. The molecule has 0 aromatic carbocycles. The highest BCUT2D eigenvalue weighted by molar-refractivity contribution is 9.10. The summed E-state index contributed by atoms with van der Waals surface area (Å²) in [4.78, 5) is 4.28. The number of hydrogen-bond acceptors (Lipinski definition) is 3. The van der Waals surface area contributed by atoms with Crippen molar-refractivity contribution in [3.05, 3.63) is 20.8 Å². The quantitative estimate of drug-likeness (QED) is 0.802. The Morgan fingerprint density at radius 1 is 1.20 bits per heavy atom. The van der Waals surface area contributed by atoms with E-state index in [-0.39, 0.29) is 24.8 Å². The fraction of sp³-hybridized carbons (Fsp3) is 0.714. The van der Waals surface area contributed by atoms with Crippen molar-refractivity contribution >= 4 is 52.1 Å². The molecule has 1 aromatic heterocycles. The van der Waals surface area contributed by atoms with Crippen LogP contribution in [0.2, 0.25) is 0 Å². The van der Waals surface area contributed by atoms with E-state index < -0.39 is 0 Å². The van der Waals surface area contributed by atoms with Gasteiger partial charge in [0.1, 0.15) is 0 Å². The van der Waals surface area contributed by atoms with E-state index in [1.54, 1.807) is 4.88 Å². The van der Waals surface area contributed by atoms with E-state index >= 15 is 0 Å². The second-order valence-corrected chi connectivity index (χ2v) is 7.30. The van der Waals surface area contributed by atoms with Gasteiger partial charge < -0.3 is 5.32 Å². The molecule has 6 heteroatoms. The van der Waals surface area contributed by atoms with E-state index in [4.69, 9.17) is 0 Å². The maximum absolute atomic E-state index is 3.61. The third kappa shape index (κ3) is 4.34. The van der Waals surface area contributed by atoms with Crippen LogP contribution >= 0.6 is 52.1 Å². The van der Waals surface area contributed by atoms with Gasteiger partial charge in [0.25, 0.3) is 0 Å². The number of rotatable bonds is 3. The third-order valence-corrected chi connectivity index (χ3v) is 6.03. The third-order valence-electron chi connectivity index (χ3n) is 4.27. The number of nitrogens with one attached hydrogen (secondary N) is 1. The number of hydrogen-bond donors (Lipinski definition) is 1. The predicted octanol–water partition coefficient (Wildman–Crippen LogP) is 4.49. The molecule has 1 aliphatic carbocycles. The molecule has 2 nitrogen and oxygen atoms in total. The van der Waals surface area contributed by atoms with Gasteiger partial charge in [-0.1, -0.05) is 12.8 Å². The van der Waals surface area contributed by atoms with Crippen molar-refractivity contribution in [3.8, 4) is 0 Å². The van der Waals surface area contributed by atoms with Gasteiger partial charge >= 0.3 is 0 Å². The molecule has 2 heterocycles. The molecule has 1 atom stereocenters.